The van der Waals surface area contributed by atoms with Gasteiger partial charge in [-0.15, -0.1) is 0 Å². The summed E-state index contributed by atoms with van der Waals surface area (Å²) in [5, 5.41) is 5.26. The second-order valence-corrected chi connectivity index (χ2v) is 5.26. The molecule has 0 atom stereocenters. The Morgan fingerprint density at radius 3 is 2.74 bits per heavy atom. The Hall–Kier alpha value is -1.62. The Kier molecular flexibility index (Phi) is 4.74. The Balaban J connectivity index is 2.27. The number of aryl methyl sites for hydroxylation is 1. The molecule has 1 N–H and O–H groups in total. The molecule has 4 nitrogen and oxygen atoms in total. The van der Waals surface area contributed by atoms with E-state index in [1.165, 1.54) is 0 Å². The summed E-state index contributed by atoms with van der Waals surface area (Å²) in [7, 11) is 0. The lowest BCUT2D eigenvalue weighted by molar-refractivity contribution is 0.907. The predicted octanol–water partition coefficient (Wildman–Crippen LogP) is 3.46. The number of pyridine rings is 1. The van der Waals surface area contributed by atoms with Crippen LogP contribution in [0.1, 0.15) is 24.7 Å². The maximum atomic E-state index is 4.51. The van der Waals surface area contributed by atoms with Crippen LogP contribution in [0.4, 0.5) is 5.82 Å². The second kappa shape index (κ2) is 6.52. The number of anilines is 1. The molecule has 0 aliphatic rings. The molecule has 19 heavy (non-hydrogen) atoms. The first-order valence-corrected chi connectivity index (χ1v) is 7.20. The van der Waals surface area contributed by atoms with Gasteiger partial charge in [-0.05, 0) is 44.2 Å². The van der Waals surface area contributed by atoms with Crippen LogP contribution in [0.15, 0.2) is 34.4 Å². The summed E-state index contributed by atoms with van der Waals surface area (Å²) in [5.74, 6) is 1.70. The summed E-state index contributed by atoms with van der Waals surface area (Å²) in [6.45, 7) is 7.02. The lowest BCUT2D eigenvalue weighted by atomic mass is 10.3. The Morgan fingerprint density at radius 1 is 1.21 bits per heavy atom. The SMILES string of the molecule is CCCNc1nc(C)nc(Sc2ccccn2)c1C. The van der Waals surface area contributed by atoms with Crippen LogP contribution in [0, 0.1) is 13.8 Å². The van der Waals surface area contributed by atoms with E-state index in [1.807, 2.05) is 32.0 Å². The Labute approximate surface area is 118 Å². The molecule has 0 aliphatic heterocycles. The molecule has 0 saturated heterocycles. The van der Waals surface area contributed by atoms with Gasteiger partial charge in [0.15, 0.2) is 0 Å². The highest BCUT2D eigenvalue weighted by molar-refractivity contribution is 7.99. The third-order valence-corrected chi connectivity index (χ3v) is 3.64. The monoisotopic (exact) mass is 274 g/mol. The van der Waals surface area contributed by atoms with Crippen molar-refractivity contribution in [2.45, 2.75) is 37.2 Å². The lowest BCUT2D eigenvalue weighted by Crippen LogP contribution is -2.07. The van der Waals surface area contributed by atoms with Crippen molar-refractivity contribution in [3.63, 3.8) is 0 Å². The number of nitrogens with zero attached hydrogens (tertiary/aromatic N) is 3. The summed E-state index contributed by atoms with van der Waals surface area (Å²) in [6, 6.07) is 5.88. The van der Waals surface area contributed by atoms with E-state index in [-0.39, 0.29) is 0 Å². The average Bonchev–Trinajstić information content (AvgIpc) is 2.42. The van der Waals surface area contributed by atoms with Crippen LogP contribution in [0.3, 0.4) is 0 Å². The molecule has 0 bridgehead atoms. The van der Waals surface area contributed by atoms with Gasteiger partial charge in [-0.1, -0.05) is 13.0 Å². The fourth-order valence-electron chi connectivity index (χ4n) is 1.62. The molecule has 0 aliphatic carbocycles. The first kappa shape index (κ1) is 13.8. The van der Waals surface area contributed by atoms with Gasteiger partial charge in [-0.25, -0.2) is 15.0 Å². The first-order valence-electron chi connectivity index (χ1n) is 6.38. The molecule has 0 aromatic carbocycles. The zero-order valence-corrected chi connectivity index (χ0v) is 12.3. The number of hydrogen-bond donors (Lipinski definition) is 1. The minimum absolute atomic E-state index is 0.780. The largest absolute Gasteiger partial charge is 0.370 e. The number of nitrogens with one attached hydrogen (secondary N) is 1. The van der Waals surface area contributed by atoms with Crippen molar-refractivity contribution in [1.29, 1.82) is 0 Å². The van der Waals surface area contributed by atoms with Crippen molar-refractivity contribution in [3.05, 3.63) is 35.8 Å². The molecule has 5 heteroatoms. The van der Waals surface area contributed by atoms with Crippen molar-refractivity contribution in [2.24, 2.45) is 0 Å². The minimum atomic E-state index is 0.780. The highest BCUT2D eigenvalue weighted by Gasteiger charge is 2.10. The highest BCUT2D eigenvalue weighted by Crippen LogP contribution is 2.29. The van der Waals surface area contributed by atoms with Crippen molar-refractivity contribution in [2.75, 3.05) is 11.9 Å². The van der Waals surface area contributed by atoms with Gasteiger partial charge in [0, 0.05) is 18.3 Å². The van der Waals surface area contributed by atoms with Gasteiger partial charge >= 0.3 is 0 Å². The van der Waals surface area contributed by atoms with E-state index >= 15 is 0 Å². The summed E-state index contributed by atoms with van der Waals surface area (Å²) in [6.07, 6.45) is 2.87. The zero-order valence-electron chi connectivity index (χ0n) is 11.5. The molecule has 0 unspecified atom stereocenters. The normalized spacial score (nSPS) is 10.5. The molecule has 0 spiro atoms. The van der Waals surface area contributed by atoms with Gasteiger partial charge in [-0.3, -0.25) is 0 Å². The fourth-order valence-corrected chi connectivity index (χ4v) is 2.51. The van der Waals surface area contributed by atoms with E-state index < -0.39 is 0 Å². The van der Waals surface area contributed by atoms with Gasteiger partial charge in [0.1, 0.15) is 21.7 Å². The maximum absolute atomic E-state index is 4.51. The molecular weight excluding hydrogens is 256 g/mol. The quantitative estimate of drug-likeness (QED) is 0.846. The Morgan fingerprint density at radius 2 is 2.05 bits per heavy atom. The fraction of sp³-hybridized carbons (Fsp3) is 0.357. The van der Waals surface area contributed by atoms with Crippen LogP contribution in [0.25, 0.3) is 0 Å². The van der Waals surface area contributed by atoms with Crippen LogP contribution >= 0.6 is 11.8 Å². The minimum Gasteiger partial charge on any atom is -0.370 e. The topological polar surface area (TPSA) is 50.7 Å². The summed E-state index contributed by atoms with van der Waals surface area (Å²) < 4.78 is 0. The van der Waals surface area contributed by atoms with Gasteiger partial charge in [-0.2, -0.15) is 0 Å². The summed E-state index contributed by atoms with van der Waals surface area (Å²) in [4.78, 5) is 13.3. The van der Waals surface area contributed by atoms with E-state index in [1.54, 1.807) is 18.0 Å². The molecule has 2 rings (SSSR count). The number of aromatic nitrogens is 3. The third kappa shape index (κ3) is 3.67. The Bertz CT molecular complexity index is 543. The van der Waals surface area contributed by atoms with Crippen LogP contribution in [0.2, 0.25) is 0 Å². The van der Waals surface area contributed by atoms with E-state index in [4.69, 9.17) is 0 Å². The van der Waals surface area contributed by atoms with Crippen molar-refractivity contribution < 1.29 is 0 Å². The second-order valence-electron chi connectivity index (χ2n) is 4.25. The van der Waals surface area contributed by atoms with E-state index in [0.717, 1.165) is 40.2 Å². The van der Waals surface area contributed by atoms with Gasteiger partial charge < -0.3 is 5.32 Å². The van der Waals surface area contributed by atoms with Crippen molar-refractivity contribution in [3.8, 4) is 0 Å². The van der Waals surface area contributed by atoms with Gasteiger partial charge in [0.05, 0.1) is 0 Å². The molecule has 0 fully saturated rings. The molecule has 0 saturated carbocycles. The van der Waals surface area contributed by atoms with Gasteiger partial charge in [0.2, 0.25) is 0 Å². The summed E-state index contributed by atoms with van der Waals surface area (Å²) >= 11 is 1.57. The first-order chi connectivity index (χ1) is 9.20. The van der Waals surface area contributed by atoms with Crippen LogP contribution < -0.4 is 5.32 Å². The maximum Gasteiger partial charge on any atom is 0.133 e. The molecular formula is C14H18N4S. The van der Waals surface area contributed by atoms with E-state index in [9.17, 15) is 0 Å². The molecule has 2 aromatic rings. The summed E-state index contributed by atoms with van der Waals surface area (Å²) in [5.41, 5.74) is 1.08. The molecule has 2 aromatic heterocycles. The lowest BCUT2D eigenvalue weighted by Gasteiger charge is -2.11. The third-order valence-electron chi connectivity index (χ3n) is 2.59. The molecule has 100 valence electrons. The van der Waals surface area contributed by atoms with Crippen molar-refractivity contribution in [1.82, 2.24) is 15.0 Å². The molecule has 0 amide bonds. The van der Waals surface area contributed by atoms with Crippen molar-refractivity contribution >= 4 is 17.6 Å². The van der Waals surface area contributed by atoms with E-state index in [0.29, 0.717) is 0 Å². The standard InChI is InChI=1S/C14H18N4S/c1-4-8-16-13-10(2)14(18-11(3)17-13)19-12-7-5-6-9-15-12/h5-7,9H,4,8H2,1-3H3,(H,16,17,18). The smallest absolute Gasteiger partial charge is 0.133 e. The number of hydrogen-bond acceptors (Lipinski definition) is 5. The van der Waals surface area contributed by atoms with Crippen LogP contribution in [0.5, 0.6) is 0 Å². The van der Waals surface area contributed by atoms with E-state index in [2.05, 4.69) is 27.2 Å². The van der Waals surface area contributed by atoms with Crippen LogP contribution in [-0.2, 0) is 0 Å². The zero-order chi connectivity index (χ0) is 13.7. The van der Waals surface area contributed by atoms with Crippen LogP contribution in [-0.4, -0.2) is 21.5 Å². The average molecular weight is 274 g/mol. The molecule has 2 heterocycles. The predicted molar refractivity (Wildman–Crippen MR) is 78.6 cm³/mol. The molecule has 0 radical (unpaired) electrons. The number of rotatable bonds is 5. The highest BCUT2D eigenvalue weighted by atomic mass is 32.2. The van der Waals surface area contributed by atoms with Gasteiger partial charge in [0.25, 0.3) is 0 Å².